The van der Waals surface area contributed by atoms with E-state index in [1.54, 1.807) is 0 Å². The van der Waals surface area contributed by atoms with Gasteiger partial charge in [-0.3, -0.25) is 0 Å². The van der Waals surface area contributed by atoms with Gasteiger partial charge in [-0.05, 0) is 37.0 Å². The molecule has 1 rings (SSSR count). The van der Waals surface area contributed by atoms with Crippen LogP contribution in [0.25, 0.3) is 0 Å². The van der Waals surface area contributed by atoms with E-state index in [0.29, 0.717) is 11.8 Å². The van der Waals surface area contributed by atoms with Crippen molar-refractivity contribution in [3.63, 3.8) is 0 Å². The number of aliphatic hydroxyl groups is 1. The molecule has 0 saturated heterocycles. The Bertz CT molecular complexity index is 142. The maximum atomic E-state index is 9.85. The van der Waals surface area contributed by atoms with Gasteiger partial charge < -0.3 is 5.11 Å². The van der Waals surface area contributed by atoms with E-state index in [9.17, 15) is 5.11 Å². The minimum absolute atomic E-state index is 0.0116. The first-order valence-corrected chi connectivity index (χ1v) is 5.79. The molecule has 0 aromatic heterocycles. The van der Waals surface area contributed by atoms with E-state index < -0.39 is 0 Å². The maximum absolute atomic E-state index is 9.85. The Balaban J connectivity index is 2.39. The van der Waals surface area contributed by atoms with E-state index in [0.717, 1.165) is 12.3 Å². The van der Waals surface area contributed by atoms with Crippen molar-refractivity contribution in [2.75, 3.05) is 0 Å². The molecule has 0 bridgehead atoms. The molecule has 1 unspecified atom stereocenters. The third-order valence-corrected chi connectivity index (χ3v) is 3.36. The number of hydrogen-bond acceptors (Lipinski definition) is 1. The second-order valence-electron chi connectivity index (χ2n) is 5.12. The van der Waals surface area contributed by atoms with Crippen molar-refractivity contribution in [3.05, 3.63) is 0 Å². The van der Waals surface area contributed by atoms with Crippen LogP contribution in [-0.2, 0) is 0 Å². The molecule has 3 atom stereocenters. The molecule has 0 aliphatic heterocycles. The first-order valence-electron chi connectivity index (χ1n) is 5.79. The quantitative estimate of drug-likeness (QED) is 0.714. The number of aliphatic hydroxyl groups excluding tert-OH is 1. The van der Waals surface area contributed by atoms with Crippen molar-refractivity contribution in [3.8, 4) is 0 Å². The highest BCUT2D eigenvalue weighted by Crippen LogP contribution is 2.33. The minimum Gasteiger partial charge on any atom is -0.393 e. The summed E-state index contributed by atoms with van der Waals surface area (Å²) in [6, 6.07) is 0. The molecular formula is C12H24O. The lowest BCUT2D eigenvalue weighted by Gasteiger charge is -2.33. The minimum atomic E-state index is -0.0116. The molecule has 0 radical (unpaired) electrons. The highest BCUT2D eigenvalue weighted by Gasteiger charge is 2.27. The molecule has 0 aromatic carbocycles. The Morgan fingerprint density at radius 1 is 1.15 bits per heavy atom. The molecule has 1 aliphatic carbocycles. The van der Waals surface area contributed by atoms with Gasteiger partial charge in [-0.2, -0.15) is 0 Å². The fourth-order valence-corrected chi connectivity index (χ4v) is 2.72. The van der Waals surface area contributed by atoms with Crippen molar-refractivity contribution >= 4 is 0 Å². The first kappa shape index (κ1) is 11.0. The SMILES string of the molecule is CC(C)CC(C)[C@@H]1CCCC[C@H]1O. The van der Waals surface area contributed by atoms with Crippen molar-refractivity contribution in [1.82, 2.24) is 0 Å². The van der Waals surface area contributed by atoms with E-state index in [1.165, 1.54) is 25.7 Å². The average Bonchev–Trinajstić information content (AvgIpc) is 2.03. The van der Waals surface area contributed by atoms with Crippen LogP contribution in [0.4, 0.5) is 0 Å². The lowest BCUT2D eigenvalue weighted by molar-refractivity contribution is 0.0359. The smallest absolute Gasteiger partial charge is 0.0570 e. The van der Waals surface area contributed by atoms with Crippen LogP contribution in [0, 0.1) is 17.8 Å². The monoisotopic (exact) mass is 184 g/mol. The molecule has 78 valence electrons. The summed E-state index contributed by atoms with van der Waals surface area (Å²) in [4.78, 5) is 0. The highest BCUT2D eigenvalue weighted by atomic mass is 16.3. The van der Waals surface area contributed by atoms with Crippen LogP contribution in [0.2, 0.25) is 0 Å². The van der Waals surface area contributed by atoms with Crippen molar-refractivity contribution in [2.45, 2.75) is 59.0 Å². The second-order valence-corrected chi connectivity index (χ2v) is 5.12. The summed E-state index contributed by atoms with van der Waals surface area (Å²) < 4.78 is 0. The zero-order chi connectivity index (χ0) is 9.84. The van der Waals surface area contributed by atoms with Crippen LogP contribution in [0.3, 0.4) is 0 Å². The van der Waals surface area contributed by atoms with Crippen LogP contribution in [0.1, 0.15) is 52.9 Å². The molecule has 0 aromatic rings. The molecule has 1 saturated carbocycles. The fraction of sp³-hybridized carbons (Fsp3) is 1.00. The Kier molecular flexibility index (Phi) is 4.24. The molecule has 1 N–H and O–H groups in total. The van der Waals surface area contributed by atoms with Crippen LogP contribution >= 0.6 is 0 Å². The van der Waals surface area contributed by atoms with Crippen LogP contribution < -0.4 is 0 Å². The summed E-state index contributed by atoms with van der Waals surface area (Å²) in [5.41, 5.74) is 0. The predicted molar refractivity (Wildman–Crippen MR) is 56.6 cm³/mol. The molecule has 1 fully saturated rings. The molecule has 1 aliphatic rings. The summed E-state index contributed by atoms with van der Waals surface area (Å²) in [6.07, 6.45) is 6.09. The summed E-state index contributed by atoms with van der Waals surface area (Å²) >= 11 is 0. The van der Waals surface area contributed by atoms with Gasteiger partial charge in [-0.15, -0.1) is 0 Å². The summed E-state index contributed by atoms with van der Waals surface area (Å²) in [5.74, 6) is 2.05. The lowest BCUT2D eigenvalue weighted by Crippen LogP contribution is -2.30. The molecular weight excluding hydrogens is 160 g/mol. The zero-order valence-electron chi connectivity index (χ0n) is 9.29. The zero-order valence-corrected chi connectivity index (χ0v) is 9.29. The normalized spacial score (nSPS) is 32.1. The Morgan fingerprint density at radius 2 is 1.77 bits per heavy atom. The molecule has 13 heavy (non-hydrogen) atoms. The van der Waals surface area contributed by atoms with E-state index in [2.05, 4.69) is 20.8 Å². The summed E-state index contributed by atoms with van der Waals surface area (Å²) in [5, 5.41) is 9.85. The number of hydrogen-bond donors (Lipinski definition) is 1. The standard InChI is InChI=1S/C12H24O/c1-9(2)8-10(3)11-6-4-5-7-12(11)13/h9-13H,4-8H2,1-3H3/t10?,11-,12+/m0/s1. The summed E-state index contributed by atoms with van der Waals surface area (Å²) in [6.45, 7) is 6.84. The highest BCUT2D eigenvalue weighted by molar-refractivity contribution is 4.78. The van der Waals surface area contributed by atoms with Crippen LogP contribution in [0.5, 0.6) is 0 Å². The Morgan fingerprint density at radius 3 is 2.31 bits per heavy atom. The molecule has 1 nitrogen and oxygen atoms in total. The third-order valence-electron chi connectivity index (χ3n) is 3.36. The molecule has 0 amide bonds. The van der Waals surface area contributed by atoms with Crippen molar-refractivity contribution in [2.24, 2.45) is 17.8 Å². The predicted octanol–water partition coefficient (Wildman–Crippen LogP) is 3.22. The van der Waals surface area contributed by atoms with Gasteiger partial charge >= 0.3 is 0 Å². The Labute approximate surface area is 82.5 Å². The van der Waals surface area contributed by atoms with Gasteiger partial charge in [-0.1, -0.05) is 33.6 Å². The third kappa shape index (κ3) is 3.30. The van der Waals surface area contributed by atoms with Crippen LogP contribution in [-0.4, -0.2) is 11.2 Å². The lowest BCUT2D eigenvalue weighted by atomic mass is 9.76. The molecule has 1 heteroatoms. The fourth-order valence-electron chi connectivity index (χ4n) is 2.72. The van der Waals surface area contributed by atoms with E-state index in [1.807, 2.05) is 0 Å². The van der Waals surface area contributed by atoms with Gasteiger partial charge in [0.1, 0.15) is 0 Å². The average molecular weight is 184 g/mol. The van der Waals surface area contributed by atoms with Gasteiger partial charge in [0.2, 0.25) is 0 Å². The van der Waals surface area contributed by atoms with Gasteiger partial charge in [0, 0.05) is 0 Å². The van der Waals surface area contributed by atoms with Gasteiger partial charge in [0.05, 0.1) is 6.10 Å². The first-order chi connectivity index (χ1) is 6.11. The van der Waals surface area contributed by atoms with Crippen molar-refractivity contribution in [1.29, 1.82) is 0 Å². The van der Waals surface area contributed by atoms with Gasteiger partial charge in [-0.25, -0.2) is 0 Å². The van der Waals surface area contributed by atoms with Gasteiger partial charge in [0.25, 0.3) is 0 Å². The number of rotatable bonds is 3. The largest absolute Gasteiger partial charge is 0.393 e. The maximum Gasteiger partial charge on any atom is 0.0570 e. The van der Waals surface area contributed by atoms with Crippen LogP contribution in [0.15, 0.2) is 0 Å². The second kappa shape index (κ2) is 4.99. The molecule has 0 spiro atoms. The van der Waals surface area contributed by atoms with Gasteiger partial charge in [0.15, 0.2) is 0 Å². The van der Waals surface area contributed by atoms with E-state index in [4.69, 9.17) is 0 Å². The molecule has 0 heterocycles. The van der Waals surface area contributed by atoms with E-state index >= 15 is 0 Å². The van der Waals surface area contributed by atoms with E-state index in [-0.39, 0.29) is 6.10 Å². The topological polar surface area (TPSA) is 20.2 Å². The Hall–Kier alpha value is -0.0400. The summed E-state index contributed by atoms with van der Waals surface area (Å²) in [7, 11) is 0. The van der Waals surface area contributed by atoms with Crippen molar-refractivity contribution < 1.29 is 5.11 Å².